The minimum Gasteiger partial charge on any atom is -0.490 e. The molecular weight excluding hydrogens is 396 g/mol. The maximum absolute atomic E-state index is 12.6. The Bertz CT molecular complexity index is 1060. The van der Waals surface area contributed by atoms with E-state index < -0.39 is 17.8 Å². The monoisotopic (exact) mass is 420 g/mol. The van der Waals surface area contributed by atoms with Crippen LogP contribution in [0.1, 0.15) is 23.6 Å². The molecule has 1 heterocycles. The van der Waals surface area contributed by atoms with E-state index in [4.69, 9.17) is 9.47 Å². The molecule has 1 saturated heterocycles. The fourth-order valence-electron chi connectivity index (χ4n) is 3.12. The number of ether oxygens (including phenoxy) is 2. The summed E-state index contributed by atoms with van der Waals surface area (Å²) in [7, 11) is 0. The van der Waals surface area contributed by atoms with Gasteiger partial charge in [0.15, 0.2) is 11.5 Å². The molecule has 7 nitrogen and oxygen atoms in total. The lowest BCUT2D eigenvalue weighted by atomic mass is 10.1. The second-order valence-electron chi connectivity index (χ2n) is 6.94. The van der Waals surface area contributed by atoms with Crippen molar-refractivity contribution in [1.82, 2.24) is 10.2 Å². The third-order valence-corrected chi connectivity index (χ3v) is 4.55. The highest BCUT2D eigenvalue weighted by Gasteiger charge is 2.34. The van der Waals surface area contributed by atoms with E-state index in [9.17, 15) is 14.4 Å². The molecule has 1 N–H and O–H groups in total. The highest BCUT2D eigenvalue weighted by molar-refractivity contribution is 6.31. The Hall–Kier alpha value is -3.87. The number of carbonyl (C=O) groups is 3. The van der Waals surface area contributed by atoms with Crippen LogP contribution in [-0.2, 0) is 16.2 Å². The van der Waals surface area contributed by atoms with Gasteiger partial charge in [0.25, 0.3) is 11.8 Å². The molecule has 7 heteroatoms. The highest BCUT2D eigenvalue weighted by atomic mass is 16.5. The number of nitrogens with zero attached hydrogens (tertiary/aromatic N) is 1. The second-order valence-corrected chi connectivity index (χ2v) is 6.94. The highest BCUT2D eigenvalue weighted by Crippen LogP contribution is 2.30. The van der Waals surface area contributed by atoms with E-state index in [-0.39, 0.29) is 12.1 Å². The molecule has 160 valence electrons. The zero-order valence-corrected chi connectivity index (χ0v) is 17.5. The third kappa shape index (κ3) is 5.19. The summed E-state index contributed by atoms with van der Waals surface area (Å²) >= 11 is 0. The van der Waals surface area contributed by atoms with Crippen LogP contribution in [0.5, 0.6) is 11.5 Å². The first-order chi connectivity index (χ1) is 14.9. The van der Waals surface area contributed by atoms with Crippen molar-refractivity contribution in [3.8, 4) is 11.5 Å². The normalized spacial score (nSPS) is 15.1. The smallest absolute Gasteiger partial charge is 0.331 e. The zero-order valence-electron chi connectivity index (χ0n) is 17.5. The fourth-order valence-corrected chi connectivity index (χ4v) is 3.12. The van der Waals surface area contributed by atoms with E-state index in [1.165, 1.54) is 12.2 Å². The fraction of sp³-hybridized carbons (Fsp3) is 0.208. The van der Waals surface area contributed by atoms with E-state index in [1.54, 1.807) is 18.2 Å². The summed E-state index contributed by atoms with van der Waals surface area (Å²) in [6, 6.07) is 12.4. The topological polar surface area (TPSA) is 84.9 Å². The number of aryl methyl sites for hydroxylation is 1. The first kappa shape index (κ1) is 21.8. The number of nitrogens with one attached hydrogen (secondary N) is 1. The number of urea groups is 1. The van der Waals surface area contributed by atoms with Gasteiger partial charge in [-0.1, -0.05) is 42.0 Å². The number of rotatable bonds is 8. The van der Waals surface area contributed by atoms with Crippen molar-refractivity contribution >= 4 is 23.9 Å². The molecule has 0 atom stereocenters. The summed E-state index contributed by atoms with van der Waals surface area (Å²) in [5.41, 5.74) is 2.60. The molecule has 0 spiro atoms. The predicted molar refractivity (Wildman–Crippen MR) is 117 cm³/mol. The van der Waals surface area contributed by atoms with Gasteiger partial charge in [0.2, 0.25) is 0 Å². The van der Waals surface area contributed by atoms with E-state index in [1.807, 2.05) is 38.1 Å². The summed E-state index contributed by atoms with van der Waals surface area (Å²) in [6.07, 6.45) is 2.84. The van der Waals surface area contributed by atoms with E-state index in [2.05, 4.69) is 11.9 Å². The summed E-state index contributed by atoms with van der Waals surface area (Å²) in [5.74, 6) is -0.375. The molecule has 1 aliphatic heterocycles. The van der Waals surface area contributed by atoms with Crippen molar-refractivity contribution in [1.29, 1.82) is 0 Å². The van der Waals surface area contributed by atoms with Gasteiger partial charge in [-0.25, -0.2) is 4.79 Å². The van der Waals surface area contributed by atoms with Crippen LogP contribution in [0.15, 0.2) is 60.7 Å². The average Bonchev–Trinajstić information content (AvgIpc) is 2.74. The number of hydrogen-bond acceptors (Lipinski definition) is 5. The Balaban J connectivity index is 1.85. The zero-order chi connectivity index (χ0) is 22.4. The molecule has 0 unspecified atom stereocenters. The molecule has 0 bridgehead atoms. The van der Waals surface area contributed by atoms with Gasteiger partial charge in [-0.3, -0.25) is 19.8 Å². The lowest BCUT2D eigenvalue weighted by molar-refractivity contribution is -0.129. The van der Waals surface area contributed by atoms with Gasteiger partial charge in [-0.05, 0) is 43.2 Å². The lowest BCUT2D eigenvalue weighted by Crippen LogP contribution is -2.54. The minimum absolute atomic E-state index is 0.00518. The van der Waals surface area contributed by atoms with Crippen molar-refractivity contribution in [2.45, 2.75) is 20.5 Å². The van der Waals surface area contributed by atoms with Gasteiger partial charge in [0.05, 0.1) is 6.61 Å². The number of barbiturate groups is 1. The Labute approximate surface area is 181 Å². The molecule has 4 amide bonds. The number of benzene rings is 2. The van der Waals surface area contributed by atoms with Crippen LogP contribution in [0.4, 0.5) is 4.79 Å². The molecule has 0 saturated carbocycles. The molecule has 31 heavy (non-hydrogen) atoms. The Morgan fingerprint density at radius 1 is 1.06 bits per heavy atom. The lowest BCUT2D eigenvalue weighted by Gasteiger charge is -2.25. The average molecular weight is 420 g/mol. The molecule has 1 aliphatic rings. The van der Waals surface area contributed by atoms with Crippen molar-refractivity contribution in [3.63, 3.8) is 0 Å². The van der Waals surface area contributed by atoms with E-state index in [0.717, 1.165) is 16.0 Å². The standard InChI is InChI=1S/C24H24N2O5/c1-4-11-26-23(28)19(22(27)25-24(26)29)13-17-9-10-20(21(14-17)30-5-2)31-15-18-8-6-7-16(3)12-18/h4,6-10,12-14H,1,5,11,15H2,2-3H3,(H,25,27,29)/b19-13+. The number of carbonyl (C=O) groups excluding carboxylic acids is 3. The predicted octanol–water partition coefficient (Wildman–Crippen LogP) is 3.62. The van der Waals surface area contributed by atoms with E-state index in [0.29, 0.717) is 30.3 Å². The van der Waals surface area contributed by atoms with Crippen molar-refractivity contribution in [3.05, 3.63) is 77.4 Å². The maximum atomic E-state index is 12.6. The van der Waals surface area contributed by atoms with Crippen molar-refractivity contribution < 1.29 is 23.9 Å². The van der Waals surface area contributed by atoms with Crippen LogP contribution in [0, 0.1) is 6.92 Å². The molecular formula is C24H24N2O5. The molecule has 2 aromatic carbocycles. The van der Waals surface area contributed by atoms with Crippen molar-refractivity contribution in [2.75, 3.05) is 13.2 Å². The van der Waals surface area contributed by atoms with Crippen LogP contribution in [0.2, 0.25) is 0 Å². The Morgan fingerprint density at radius 3 is 2.58 bits per heavy atom. The van der Waals surface area contributed by atoms with Gasteiger partial charge < -0.3 is 9.47 Å². The largest absolute Gasteiger partial charge is 0.490 e. The molecule has 3 rings (SSSR count). The van der Waals surface area contributed by atoms with Crippen LogP contribution in [0.25, 0.3) is 6.08 Å². The molecule has 1 fully saturated rings. The first-order valence-electron chi connectivity index (χ1n) is 9.88. The van der Waals surface area contributed by atoms with Gasteiger partial charge in [-0.15, -0.1) is 6.58 Å². The quantitative estimate of drug-likeness (QED) is 0.401. The van der Waals surface area contributed by atoms with Gasteiger partial charge in [0.1, 0.15) is 12.2 Å². The Kier molecular flexibility index (Phi) is 6.87. The van der Waals surface area contributed by atoms with Crippen LogP contribution in [-0.4, -0.2) is 35.9 Å². The second kappa shape index (κ2) is 9.75. The minimum atomic E-state index is -0.762. The Morgan fingerprint density at radius 2 is 1.87 bits per heavy atom. The van der Waals surface area contributed by atoms with Crippen LogP contribution >= 0.6 is 0 Å². The SMILES string of the molecule is C=CCN1C(=O)NC(=O)/C(=C\c2ccc(OCc3cccc(C)c3)c(OCC)c2)C1=O. The molecule has 0 aliphatic carbocycles. The van der Waals surface area contributed by atoms with Gasteiger partial charge in [-0.2, -0.15) is 0 Å². The summed E-state index contributed by atoms with van der Waals surface area (Å²) < 4.78 is 11.6. The number of imide groups is 2. The van der Waals surface area contributed by atoms with E-state index >= 15 is 0 Å². The van der Waals surface area contributed by atoms with Gasteiger partial charge >= 0.3 is 6.03 Å². The van der Waals surface area contributed by atoms with Crippen molar-refractivity contribution in [2.24, 2.45) is 0 Å². The third-order valence-electron chi connectivity index (χ3n) is 4.55. The van der Waals surface area contributed by atoms with Crippen LogP contribution in [0.3, 0.4) is 0 Å². The molecule has 0 aromatic heterocycles. The maximum Gasteiger partial charge on any atom is 0.331 e. The summed E-state index contributed by atoms with van der Waals surface area (Å²) in [4.78, 5) is 37.6. The first-order valence-corrected chi connectivity index (χ1v) is 9.88. The summed E-state index contributed by atoms with van der Waals surface area (Å²) in [6.45, 7) is 8.20. The summed E-state index contributed by atoms with van der Waals surface area (Å²) in [5, 5.41) is 2.16. The number of hydrogen-bond donors (Lipinski definition) is 1. The van der Waals surface area contributed by atoms with Gasteiger partial charge in [0, 0.05) is 6.54 Å². The molecule has 0 radical (unpaired) electrons. The molecule has 2 aromatic rings. The van der Waals surface area contributed by atoms with Crippen LogP contribution < -0.4 is 14.8 Å². The number of amides is 4.